The molecule has 0 spiro atoms. The third kappa shape index (κ3) is 4.95. The number of rotatable bonds is 7. The Morgan fingerprint density at radius 2 is 1.75 bits per heavy atom. The van der Waals surface area contributed by atoms with Gasteiger partial charge in [0, 0.05) is 39.2 Å². The lowest BCUT2D eigenvalue weighted by molar-refractivity contribution is -0.120. The number of sulfonamides is 1. The predicted molar refractivity (Wildman–Crippen MR) is 125 cm³/mol. The Balaban J connectivity index is 1.69. The van der Waals surface area contributed by atoms with Crippen LogP contribution in [0, 0.1) is 5.92 Å². The SMILES string of the molecule is COc1ccc(S(=O)(=O)N2CCC(C(=O)Nc3cccc(Cl)c3N(C)C)CC2)cc1OC. The molecule has 8 nitrogen and oxygen atoms in total. The van der Waals surface area contributed by atoms with Gasteiger partial charge in [0.2, 0.25) is 15.9 Å². The van der Waals surface area contributed by atoms with Crippen LogP contribution < -0.4 is 19.7 Å². The molecule has 0 bridgehead atoms. The van der Waals surface area contributed by atoms with Crippen molar-refractivity contribution in [3.05, 3.63) is 41.4 Å². The minimum Gasteiger partial charge on any atom is -0.493 e. The van der Waals surface area contributed by atoms with E-state index in [4.69, 9.17) is 21.1 Å². The molecule has 0 unspecified atom stereocenters. The number of para-hydroxylation sites is 1. The van der Waals surface area contributed by atoms with Crippen LogP contribution in [0.3, 0.4) is 0 Å². The fourth-order valence-corrected chi connectivity index (χ4v) is 5.62. The average Bonchev–Trinajstić information content (AvgIpc) is 2.78. The Morgan fingerprint density at radius 1 is 1.09 bits per heavy atom. The van der Waals surface area contributed by atoms with Gasteiger partial charge in [-0.1, -0.05) is 17.7 Å². The second-order valence-corrected chi connectivity index (χ2v) is 10.1. The van der Waals surface area contributed by atoms with Gasteiger partial charge in [-0.3, -0.25) is 4.79 Å². The molecule has 1 aliphatic heterocycles. The van der Waals surface area contributed by atoms with Crippen LogP contribution >= 0.6 is 11.6 Å². The van der Waals surface area contributed by atoms with Crippen LogP contribution in [0.25, 0.3) is 0 Å². The third-order valence-corrected chi connectivity index (χ3v) is 7.71. The van der Waals surface area contributed by atoms with Gasteiger partial charge < -0.3 is 19.7 Å². The van der Waals surface area contributed by atoms with Crippen LogP contribution in [0.2, 0.25) is 5.02 Å². The number of nitrogens with zero attached hydrogens (tertiary/aromatic N) is 2. The number of anilines is 2. The summed E-state index contributed by atoms with van der Waals surface area (Å²) in [6.07, 6.45) is 0.854. The molecule has 0 aliphatic carbocycles. The zero-order valence-corrected chi connectivity index (χ0v) is 20.2. The molecule has 0 radical (unpaired) electrons. The number of nitrogens with one attached hydrogen (secondary N) is 1. The van der Waals surface area contributed by atoms with Crippen LogP contribution in [0.15, 0.2) is 41.3 Å². The molecule has 1 saturated heterocycles. The highest BCUT2D eigenvalue weighted by molar-refractivity contribution is 7.89. The summed E-state index contributed by atoms with van der Waals surface area (Å²) in [5.41, 5.74) is 1.36. The normalized spacial score (nSPS) is 15.3. The topological polar surface area (TPSA) is 88.2 Å². The number of halogens is 1. The highest BCUT2D eigenvalue weighted by Gasteiger charge is 2.33. The molecule has 1 amide bonds. The van der Waals surface area contributed by atoms with Crippen molar-refractivity contribution >= 4 is 38.9 Å². The monoisotopic (exact) mass is 481 g/mol. The van der Waals surface area contributed by atoms with Crippen molar-refractivity contribution in [3.63, 3.8) is 0 Å². The van der Waals surface area contributed by atoms with Crippen LogP contribution in [0.4, 0.5) is 11.4 Å². The molecule has 1 fully saturated rings. The summed E-state index contributed by atoms with van der Waals surface area (Å²) in [5.74, 6) is 0.375. The van der Waals surface area contributed by atoms with E-state index < -0.39 is 10.0 Å². The Bertz CT molecular complexity index is 1080. The summed E-state index contributed by atoms with van der Waals surface area (Å²) in [6, 6.07) is 9.87. The minimum atomic E-state index is -3.71. The number of amides is 1. The van der Waals surface area contributed by atoms with E-state index in [0.29, 0.717) is 35.1 Å². The van der Waals surface area contributed by atoms with Crippen molar-refractivity contribution in [1.82, 2.24) is 4.31 Å². The van der Waals surface area contributed by atoms with Gasteiger partial charge in [-0.15, -0.1) is 0 Å². The second kappa shape index (κ2) is 9.97. The Labute approximate surface area is 194 Å². The number of ether oxygens (including phenoxy) is 2. The molecule has 32 heavy (non-hydrogen) atoms. The number of carbonyl (C=O) groups is 1. The van der Waals surface area contributed by atoms with Gasteiger partial charge in [-0.25, -0.2) is 8.42 Å². The van der Waals surface area contributed by atoms with E-state index in [1.165, 1.54) is 30.7 Å². The van der Waals surface area contributed by atoms with Crippen molar-refractivity contribution in [3.8, 4) is 11.5 Å². The smallest absolute Gasteiger partial charge is 0.243 e. The average molecular weight is 482 g/mol. The van der Waals surface area contributed by atoms with E-state index >= 15 is 0 Å². The first-order valence-electron chi connectivity index (χ1n) is 10.2. The Hall–Kier alpha value is -2.49. The standard InChI is InChI=1S/C22H28ClN3O5S/c1-25(2)21-17(23)6-5-7-18(21)24-22(27)15-10-12-26(13-11-15)32(28,29)16-8-9-19(30-3)20(14-16)31-4/h5-9,14-15H,10-13H2,1-4H3,(H,24,27). The van der Waals surface area contributed by atoms with Crippen molar-refractivity contribution in [2.75, 3.05) is 51.6 Å². The fourth-order valence-electron chi connectivity index (χ4n) is 3.79. The molecule has 1 aliphatic rings. The number of benzene rings is 2. The first kappa shape index (κ1) is 24.2. The zero-order chi connectivity index (χ0) is 23.5. The molecule has 0 aromatic heterocycles. The molecule has 174 valence electrons. The van der Waals surface area contributed by atoms with Gasteiger partial charge in [0.1, 0.15) is 0 Å². The summed E-state index contributed by atoms with van der Waals surface area (Å²) in [6.45, 7) is 0.510. The van der Waals surface area contributed by atoms with Gasteiger partial charge >= 0.3 is 0 Å². The molecular weight excluding hydrogens is 454 g/mol. The van der Waals surface area contributed by atoms with Gasteiger partial charge in [0.25, 0.3) is 0 Å². The number of hydrogen-bond donors (Lipinski definition) is 1. The lowest BCUT2D eigenvalue weighted by atomic mass is 9.97. The van der Waals surface area contributed by atoms with Gasteiger partial charge in [0.15, 0.2) is 11.5 Å². The highest BCUT2D eigenvalue weighted by atomic mass is 35.5. The molecule has 2 aromatic carbocycles. The van der Waals surface area contributed by atoms with E-state index in [0.717, 1.165) is 5.69 Å². The maximum Gasteiger partial charge on any atom is 0.243 e. The van der Waals surface area contributed by atoms with E-state index in [1.807, 2.05) is 19.0 Å². The molecule has 0 saturated carbocycles. The summed E-state index contributed by atoms with van der Waals surface area (Å²) in [7, 11) is 2.95. The first-order chi connectivity index (χ1) is 15.2. The third-order valence-electron chi connectivity index (χ3n) is 5.51. The zero-order valence-electron chi connectivity index (χ0n) is 18.6. The lowest BCUT2D eigenvalue weighted by Crippen LogP contribution is -2.41. The predicted octanol–water partition coefficient (Wildman–Crippen LogP) is 3.46. The second-order valence-electron chi connectivity index (χ2n) is 7.71. The summed E-state index contributed by atoms with van der Waals surface area (Å²) in [4.78, 5) is 14.8. The first-order valence-corrected chi connectivity index (χ1v) is 12.0. The number of piperidine rings is 1. The highest BCUT2D eigenvalue weighted by Crippen LogP contribution is 2.34. The van der Waals surface area contributed by atoms with Crippen LogP contribution in [-0.2, 0) is 14.8 Å². The molecular formula is C22H28ClN3O5S. The van der Waals surface area contributed by atoms with E-state index in [-0.39, 0.29) is 29.8 Å². The quantitative estimate of drug-likeness (QED) is 0.651. The molecule has 3 rings (SSSR count). The van der Waals surface area contributed by atoms with Crippen LogP contribution in [0.5, 0.6) is 11.5 Å². The van der Waals surface area contributed by atoms with E-state index in [9.17, 15) is 13.2 Å². The van der Waals surface area contributed by atoms with Crippen molar-refractivity contribution in [2.24, 2.45) is 5.92 Å². The van der Waals surface area contributed by atoms with Crippen LogP contribution in [0.1, 0.15) is 12.8 Å². The molecule has 1 N–H and O–H groups in total. The van der Waals surface area contributed by atoms with Gasteiger partial charge in [-0.05, 0) is 37.1 Å². The molecule has 1 heterocycles. The number of carbonyl (C=O) groups excluding carboxylic acids is 1. The minimum absolute atomic E-state index is 0.132. The van der Waals surface area contributed by atoms with Crippen molar-refractivity contribution in [1.29, 1.82) is 0 Å². The number of hydrogen-bond acceptors (Lipinski definition) is 6. The molecule has 0 atom stereocenters. The van der Waals surface area contributed by atoms with Gasteiger partial charge in [-0.2, -0.15) is 4.31 Å². The van der Waals surface area contributed by atoms with Crippen molar-refractivity contribution in [2.45, 2.75) is 17.7 Å². The summed E-state index contributed by atoms with van der Waals surface area (Å²) < 4.78 is 38.0. The summed E-state index contributed by atoms with van der Waals surface area (Å²) >= 11 is 6.28. The van der Waals surface area contributed by atoms with E-state index in [2.05, 4.69) is 5.32 Å². The lowest BCUT2D eigenvalue weighted by Gasteiger charge is -2.31. The fraction of sp³-hybridized carbons (Fsp3) is 0.409. The van der Waals surface area contributed by atoms with E-state index in [1.54, 1.807) is 24.3 Å². The largest absolute Gasteiger partial charge is 0.493 e. The van der Waals surface area contributed by atoms with Gasteiger partial charge in [0.05, 0.1) is 35.5 Å². The Kier molecular flexibility index (Phi) is 7.53. The molecule has 10 heteroatoms. The summed E-state index contributed by atoms with van der Waals surface area (Å²) in [5, 5.41) is 3.50. The Morgan fingerprint density at radius 3 is 2.34 bits per heavy atom. The maximum atomic E-state index is 13.1. The van der Waals surface area contributed by atoms with Crippen LogP contribution in [-0.4, -0.2) is 60.0 Å². The maximum absolute atomic E-state index is 13.1. The van der Waals surface area contributed by atoms with Crippen molar-refractivity contribution < 1.29 is 22.7 Å². The number of methoxy groups -OCH3 is 2. The molecule has 2 aromatic rings.